The number of pyridine rings is 1. The van der Waals surface area contributed by atoms with Crippen LogP contribution in [-0.4, -0.2) is 28.3 Å². The Morgan fingerprint density at radius 1 is 1.12 bits per heavy atom. The quantitative estimate of drug-likeness (QED) is 0.704. The van der Waals surface area contributed by atoms with Crippen LogP contribution >= 0.6 is 0 Å². The summed E-state index contributed by atoms with van der Waals surface area (Å²) >= 11 is 0. The Labute approximate surface area is 149 Å². The zero-order valence-corrected chi connectivity index (χ0v) is 14.2. The number of aliphatic hydroxyl groups excluding tert-OH is 1. The molecule has 0 spiro atoms. The van der Waals surface area contributed by atoms with Crippen molar-refractivity contribution >= 4 is 0 Å². The highest BCUT2D eigenvalue weighted by Crippen LogP contribution is 2.46. The number of halogens is 3. The van der Waals surface area contributed by atoms with Crippen LogP contribution in [0.2, 0.25) is 0 Å². The van der Waals surface area contributed by atoms with Crippen LogP contribution in [0.3, 0.4) is 0 Å². The van der Waals surface area contributed by atoms with Gasteiger partial charge in [0.2, 0.25) is 0 Å². The Morgan fingerprint density at radius 2 is 1.77 bits per heavy atom. The summed E-state index contributed by atoms with van der Waals surface area (Å²) in [5.74, 6) is -2.52. The molecule has 3 rings (SSSR count). The Bertz CT molecular complexity index is 794. The summed E-state index contributed by atoms with van der Waals surface area (Å²) in [6, 6.07) is 5.00. The van der Waals surface area contributed by atoms with Gasteiger partial charge in [0.15, 0.2) is 11.6 Å². The summed E-state index contributed by atoms with van der Waals surface area (Å²) in [5, 5.41) is 19.9. The van der Waals surface area contributed by atoms with Gasteiger partial charge in [0, 0.05) is 24.3 Å². The number of nitrogens with two attached hydrogens (primary N) is 1. The molecule has 2 aromatic rings. The highest BCUT2D eigenvalue weighted by Gasteiger charge is 2.47. The summed E-state index contributed by atoms with van der Waals surface area (Å²) in [4.78, 5) is 4.08. The molecule has 140 valence electrons. The van der Waals surface area contributed by atoms with Gasteiger partial charge in [-0.3, -0.25) is 0 Å². The molecule has 1 aromatic carbocycles. The molecule has 1 fully saturated rings. The van der Waals surface area contributed by atoms with Gasteiger partial charge in [-0.15, -0.1) is 0 Å². The lowest BCUT2D eigenvalue weighted by atomic mass is 9.90. The van der Waals surface area contributed by atoms with Crippen molar-refractivity contribution in [3.8, 4) is 11.3 Å². The molecule has 26 heavy (non-hydrogen) atoms. The van der Waals surface area contributed by atoms with Crippen LogP contribution in [0.5, 0.6) is 0 Å². The topological polar surface area (TPSA) is 79.4 Å². The van der Waals surface area contributed by atoms with Gasteiger partial charge in [-0.05, 0) is 55.9 Å². The average molecular weight is 366 g/mol. The Balaban J connectivity index is 2.20. The zero-order chi connectivity index (χ0) is 18.9. The molecule has 1 aliphatic carbocycles. The molecule has 4 nitrogen and oxygen atoms in total. The van der Waals surface area contributed by atoms with Crippen molar-refractivity contribution in [3.05, 3.63) is 53.0 Å². The predicted molar refractivity (Wildman–Crippen MR) is 90.6 cm³/mol. The lowest BCUT2D eigenvalue weighted by Gasteiger charge is -2.28. The average Bonchev–Trinajstić information content (AvgIpc) is 3.48. The highest BCUT2D eigenvalue weighted by molar-refractivity contribution is 5.61. The second-order valence-corrected chi connectivity index (χ2v) is 6.65. The second-order valence-electron chi connectivity index (χ2n) is 6.65. The van der Waals surface area contributed by atoms with E-state index in [-0.39, 0.29) is 54.4 Å². The standard InChI is InChI=1S/C19H21F3N2O2/c20-13-7-3-11(4-8-13)17-15(21)14(2-1-9-25)16(22)18(24-17)19(26,10-23)12-5-6-12/h3-4,7-8,12,25-26H,1-2,5-6,9-10,23H2. The minimum Gasteiger partial charge on any atom is -0.396 e. The number of aliphatic hydroxyl groups is 2. The molecular formula is C19H21F3N2O2. The third kappa shape index (κ3) is 3.34. The Hall–Kier alpha value is -1.96. The monoisotopic (exact) mass is 366 g/mol. The van der Waals surface area contributed by atoms with Gasteiger partial charge in [0.1, 0.15) is 22.8 Å². The Morgan fingerprint density at radius 3 is 2.31 bits per heavy atom. The fourth-order valence-electron chi connectivity index (χ4n) is 3.17. The minimum atomic E-state index is -1.68. The lowest BCUT2D eigenvalue weighted by molar-refractivity contribution is 0.0139. The molecule has 1 aromatic heterocycles. The van der Waals surface area contributed by atoms with Crippen LogP contribution in [0.15, 0.2) is 24.3 Å². The van der Waals surface area contributed by atoms with Crippen LogP contribution in [0.25, 0.3) is 11.3 Å². The van der Waals surface area contributed by atoms with E-state index in [2.05, 4.69) is 4.98 Å². The first-order valence-corrected chi connectivity index (χ1v) is 8.60. The number of aromatic nitrogens is 1. The molecule has 0 radical (unpaired) electrons. The van der Waals surface area contributed by atoms with Crippen molar-refractivity contribution in [2.45, 2.75) is 31.3 Å². The second kappa shape index (κ2) is 7.34. The number of hydrogen-bond acceptors (Lipinski definition) is 4. The van der Waals surface area contributed by atoms with Gasteiger partial charge in [-0.25, -0.2) is 18.2 Å². The number of nitrogens with zero attached hydrogens (tertiary/aromatic N) is 1. The molecule has 1 saturated carbocycles. The SMILES string of the molecule is NCC(O)(c1nc(-c2ccc(F)cc2)c(F)c(CCCO)c1F)C1CC1. The van der Waals surface area contributed by atoms with Gasteiger partial charge in [-0.1, -0.05) is 0 Å². The van der Waals surface area contributed by atoms with Crippen molar-refractivity contribution in [2.75, 3.05) is 13.2 Å². The first-order valence-electron chi connectivity index (χ1n) is 8.60. The van der Waals surface area contributed by atoms with E-state index in [1.54, 1.807) is 0 Å². The number of rotatable bonds is 7. The van der Waals surface area contributed by atoms with Gasteiger partial charge in [0.05, 0.1) is 0 Å². The van der Waals surface area contributed by atoms with Crippen LogP contribution in [0.1, 0.15) is 30.5 Å². The maximum absolute atomic E-state index is 15.0. The zero-order valence-electron chi connectivity index (χ0n) is 14.2. The summed E-state index contributed by atoms with van der Waals surface area (Å²) in [5.41, 5.74) is 3.59. The normalized spacial score (nSPS) is 16.5. The number of hydrogen-bond donors (Lipinski definition) is 3. The van der Waals surface area contributed by atoms with E-state index in [4.69, 9.17) is 10.8 Å². The largest absolute Gasteiger partial charge is 0.396 e. The van der Waals surface area contributed by atoms with Crippen LogP contribution < -0.4 is 5.73 Å². The van der Waals surface area contributed by atoms with Crippen molar-refractivity contribution in [1.82, 2.24) is 4.98 Å². The summed E-state index contributed by atoms with van der Waals surface area (Å²) in [6.07, 6.45) is 1.47. The fraction of sp³-hybridized carbons (Fsp3) is 0.421. The van der Waals surface area contributed by atoms with Crippen LogP contribution in [0.4, 0.5) is 13.2 Å². The fourth-order valence-corrected chi connectivity index (χ4v) is 3.17. The molecule has 0 aliphatic heterocycles. The van der Waals surface area contributed by atoms with Gasteiger partial charge in [0.25, 0.3) is 0 Å². The maximum Gasteiger partial charge on any atom is 0.155 e. The Kier molecular flexibility index (Phi) is 5.32. The molecular weight excluding hydrogens is 345 g/mol. The van der Waals surface area contributed by atoms with Gasteiger partial charge < -0.3 is 15.9 Å². The van der Waals surface area contributed by atoms with Gasteiger partial charge in [-0.2, -0.15) is 0 Å². The van der Waals surface area contributed by atoms with E-state index < -0.39 is 23.1 Å². The molecule has 1 atom stereocenters. The van der Waals surface area contributed by atoms with Crippen LogP contribution in [0, 0.1) is 23.4 Å². The lowest BCUT2D eigenvalue weighted by Crippen LogP contribution is -2.39. The van der Waals surface area contributed by atoms with E-state index in [9.17, 15) is 13.9 Å². The first-order chi connectivity index (χ1) is 12.4. The van der Waals surface area contributed by atoms with Gasteiger partial charge >= 0.3 is 0 Å². The first kappa shape index (κ1) is 18.8. The molecule has 1 unspecified atom stereocenters. The van der Waals surface area contributed by atoms with E-state index in [0.717, 1.165) is 12.1 Å². The molecule has 4 N–H and O–H groups in total. The van der Waals surface area contributed by atoms with Crippen molar-refractivity contribution in [2.24, 2.45) is 11.7 Å². The predicted octanol–water partition coefficient (Wildman–Crippen LogP) is 2.65. The molecule has 0 saturated heterocycles. The van der Waals surface area contributed by atoms with E-state index >= 15 is 4.39 Å². The van der Waals surface area contributed by atoms with Crippen molar-refractivity contribution < 1.29 is 23.4 Å². The summed E-state index contributed by atoms with van der Waals surface area (Å²) in [7, 11) is 0. The van der Waals surface area contributed by atoms with E-state index in [1.165, 1.54) is 12.1 Å². The molecule has 7 heteroatoms. The van der Waals surface area contributed by atoms with E-state index in [0.29, 0.717) is 12.8 Å². The van der Waals surface area contributed by atoms with E-state index in [1.807, 2.05) is 0 Å². The molecule has 1 aliphatic rings. The molecule has 1 heterocycles. The molecule has 0 amide bonds. The highest BCUT2D eigenvalue weighted by atomic mass is 19.1. The summed E-state index contributed by atoms with van der Waals surface area (Å²) < 4.78 is 43.2. The smallest absolute Gasteiger partial charge is 0.155 e. The third-order valence-electron chi connectivity index (χ3n) is 4.85. The summed E-state index contributed by atoms with van der Waals surface area (Å²) in [6.45, 7) is -0.471. The van der Waals surface area contributed by atoms with Crippen molar-refractivity contribution in [3.63, 3.8) is 0 Å². The molecule has 0 bridgehead atoms. The maximum atomic E-state index is 15.0. The number of benzene rings is 1. The van der Waals surface area contributed by atoms with Crippen LogP contribution in [-0.2, 0) is 12.0 Å². The minimum absolute atomic E-state index is 0.0524. The third-order valence-corrected chi connectivity index (χ3v) is 4.85. The van der Waals surface area contributed by atoms with Crippen molar-refractivity contribution in [1.29, 1.82) is 0 Å².